The summed E-state index contributed by atoms with van der Waals surface area (Å²) in [6.45, 7) is 4.18. The normalized spacial score (nSPS) is 11.6. The van der Waals surface area contributed by atoms with Gasteiger partial charge in [0.05, 0.1) is 16.7 Å². The molecule has 0 atom stereocenters. The van der Waals surface area contributed by atoms with Crippen molar-refractivity contribution in [1.82, 2.24) is 4.57 Å². The van der Waals surface area contributed by atoms with Gasteiger partial charge in [-0.2, -0.15) is 0 Å². The monoisotopic (exact) mass is 756 g/mol. The molecule has 280 valence electrons. The van der Waals surface area contributed by atoms with E-state index >= 15 is 0 Å². The lowest BCUT2D eigenvalue weighted by atomic mass is 9.95. The Balaban J connectivity index is 1.06. The maximum atomic E-state index is 6.30. The van der Waals surface area contributed by atoms with Gasteiger partial charge in [-0.1, -0.05) is 146 Å². The third-order valence-corrected chi connectivity index (χ3v) is 12.0. The van der Waals surface area contributed by atoms with Gasteiger partial charge in [-0.15, -0.1) is 0 Å². The smallest absolute Gasteiger partial charge is 0.142 e. The number of hydrogen-bond acceptors (Lipinski definition) is 2. The van der Waals surface area contributed by atoms with E-state index in [0.717, 1.165) is 50.6 Å². The van der Waals surface area contributed by atoms with Gasteiger partial charge in [0.15, 0.2) is 0 Å². The molecule has 0 amide bonds. The lowest BCUT2D eigenvalue weighted by molar-refractivity contribution is 0.576. The summed E-state index contributed by atoms with van der Waals surface area (Å²) < 4.78 is 8.67. The molecule has 0 saturated carbocycles. The van der Waals surface area contributed by atoms with Crippen molar-refractivity contribution < 1.29 is 4.42 Å². The average molecular weight is 757 g/mol. The Hall–Kier alpha value is -7.62. The zero-order valence-corrected chi connectivity index (χ0v) is 32.9. The lowest BCUT2D eigenvalue weighted by Crippen LogP contribution is -2.10. The van der Waals surface area contributed by atoms with Gasteiger partial charge in [-0.3, -0.25) is 0 Å². The Morgan fingerprint density at radius 1 is 0.390 bits per heavy atom. The number of para-hydroxylation sites is 3. The number of furan rings is 1. The number of anilines is 3. The third kappa shape index (κ3) is 5.82. The molecule has 3 heteroatoms. The van der Waals surface area contributed by atoms with Gasteiger partial charge in [0.1, 0.15) is 11.3 Å². The molecule has 0 aliphatic carbocycles. The summed E-state index contributed by atoms with van der Waals surface area (Å²) in [6.07, 6.45) is 0. The predicted octanol–water partition coefficient (Wildman–Crippen LogP) is 15.8. The van der Waals surface area contributed by atoms with Crippen LogP contribution in [0, 0.1) is 13.8 Å². The minimum atomic E-state index is 0.938. The molecule has 0 aliphatic rings. The second-order valence-electron chi connectivity index (χ2n) is 15.4. The molecule has 11 rings (SSSR count). The molecule has 0 bridgehead atoms. The molecule has 0 aliphatic heterocycles. The fourth-order valence-corrected chi connectivity index (χ4v) is 8.97. The minimum absolute atomic E-state index is 0.938. The van der Waals surface area contributed by atoms with Gasteiger partial charge in [-0.05, 0) is 113 Å². The number of rotatable bonds is 7. The summed E-state index contributed by atoms with van der Waals surface area (Å²) in [5.74, 6) is 0.961. The molecule has 0 radical (unpaired) electrons. The van der Waals surface area contributed by atoms with Crippen molar-refractivity contribution in [2.24, 2.45) is 0 Å². The highest BCUT2D eigenvalue weighted by atomic mass is 16.3. The zero-order valence-electron chi connectivity index (χ0n) is 32.9. The number of hydrogen-bond donors (Lipinski definition) is 0. The molecular formula is C56H40N2O. The number of nitrogens with zero attached hydrogens (tertiary/aromatic N) is 2. The second kappa shape index (κ2) is 14.1. The van der Waals surface area contributed by atoms with Crippen LogP contribution in [0.1, 0.15) is 11.3 Å². The van der Waals surface area contributed by atoms with E-state index in [4.69, 9.17) is 4.42 Å². The Labute approximate surface area is 343 Å². The Bertz CT molecular complexity index is 3320. The fraction of sp³-hybridized carbons (Fsp3) is 0.0357. The van der Waals surface area contributed by atoms with Crippen LogP contribution < -0.4 is 4.90 Å². The molecule has 9 aromatic carbocycles. The first-order chi connectivity index (χ1) is 29.1. The highest BCUT2D eigenvalue weighted by Crippen LogP contribution is 2.44. The minimum Gasteiger partial charge on any atom is -0.460 e. The molecule has 0 unspecified atom stereocenters. The number of aromatic nitrogens is 1. The van der Waals surface area contributed by atoms with Gasteiger partial charge in [-0.25, -0.2) is 0 Å². The number of benzene rings is 9. The molecule has 11 aromatic rings. The predicted molar refractivity (Wildman–Crippen MR) is 249 cm³/mol. The molecule has 0 fully saturated rings. The van der Waals surface area contributed by atoms with E-state index in [2.05, 4.69) is 223 Å². The van der Waals surface area contributed by atoms with Crippen molar-refractivity contribution in [1.29, 1.82) is 0 Å². The van der Waals surface area contributed by atoms with Crippen molar-refractivity contribution in [3.05, 3.63) is 218 Å². The van der Waals surface area contributed by atoms with Crippen molar-refractivity contribution >= 4 is 60.6 Å². The average Bonchev–Trinajstić information content (AvgIpc) is 3.79. The van der Waals surface area contributed by atoms with Crippen LogP contribution in [-0.2, 0) is 0 Å². The summed E-state index contributed by atoms with van der Waals surface area (Å²) in [5, 5.41) is 6.03. The van der Waals surface area contributed by atoms with Crippen LogP contribution in [-0.4, -0.2) is 4.57 Å². The van der Waals surface area contributed by atoms with Crippen LogP contribution in [0.25, 0.3) is 82.6 Å². The molecule has 0 N–H and O–H groups in total. The zero-order chi connectivity index (χ0) is 39.5. The van der Waals surface area contributed by atoms with Gasteiger partial charge >= 0.3 is 0 Å². The van der Waals surface area contributed by atoms with Crippen molar-refractivity contribution in [3.8, 4) is 39.1 Å². The van der Waals surface area contributed by atoms with Crippen molar-refractivity contribution in [3.63, 3.8) is 0 Å². The Morgan fingerprint density at radius 3 is 1.71 bits per heavy atom. The van der Waals surface area contributed by atoms with Crippen LogP contribution in [0.15, 0.2) is 211 Å². The van der Waals surface area contributed by atoms with E-state index in [1.54, 1.807) is 0 Å². The molecule has 59 heavy (non-hydrogen) atoms. The van der Waals surface area contributed by atoms with E-state index in [9.17, 15) is 0 Å². The molecular weight excluding hydrogens is 717 g/mol. The Kier molecular flexibility index (Phi) is 8.27. The fourth-order valence-electron chi connectivity index (χ4n) is 8.97. The van der Waals surface area contributed by atoms with E-state index < -0.39 is 0 Å². The second-order valence-corrected chi connectivity index (χ2v) is 15.4. The molecule has 3 nitrogen and oxygen atoms in total. The number of fused-ring (bicyclic) bond motifs is 5. The molecule has 0 saturated heterocycles. The first-order valence-corrected chi connectivity index (χ1v) is 20.3. The summed E-state index contributed by atoms with van der Waals surface area (Å²) in [6, 6.07) is 74.6. The first-order valence-electron chi connectivity index (χ1n) is 20.3. The van der Waals surface area contributed by atoms with E-state index in [1.807, 2.05) is 6.92 Å². The molecule has 2 aromatic heterocycles. The van der Waals surface area contributed by atoms with Crippen molar-refractivity contribution in [2.75, 3.05) is 4.90 Å². The standard InChI is InChI=1S/C56H40N2O/c1-37-38(2)59-56-46(37)21-13-22-48(56)41-26-31-45(32-27-41)57(44-29-24-40(25-30-44)39-14-5-3-6-15-39)54-35-33-47(49-18-9-10-19-50(49)54)42-28-34-55-52(36-42)51-20-11-12-23-53(51)58(55)43-16-7-4-8-17-43/h3-36H,1-2H3. The van der Waals surface area contributed by atoms with Crippen LogP contribution in [0.4, 0.5) is 17.1 Å². The largest absolute Gasteiger partial charge is 0.460 e. The maximum Gasteiger partial charge on any atom is 0.142 e. The summed E-state index contributed by atoms with van der Waals surface area (Å²) >= 11 is 0. The maximum absolute atomic E-state index is 6.30. The summed E-state index contributed by atoms with van der Waals surface area (Å²) in [7, 11) is 0. The first kappa shape index (κ1) is 34.6. The summed E-state index contributed by atoms with van der Waals surface area (Å²) in [4.78, 5) is 2.39. The van der Waals surface area contributed by atoms with E-state index in [0.29, 0.717) is 0 Å². The van der Waals surface area contributed by atoms with E-state index in [1.165, 1.54) is 60.4 Å². The highest BCUT2D eigenvalue weighted by Gasteiger charge is 2.20. The van der Waals surface area contributed by atoms with E-state index in [-0.39, 0.29) is 0 Å². The van der Waals surface area contributed by atoms with Crippen LogP contribution in [0.3, 0.4) is 0 Å². The highest BCUT2D eigenvalue weighted by molar-refractivity contribution is 6.12. The van der Waals surface area contributed by atoms with Crippen LogP contribution in [0.5, 0.6) is 0 Å². The van der Waals surface area contributed by atoms with Gasteiger partial charge in [0.25, 0.3) is 0 Å². The van der Waals surface area contributed by atoms with Gasteiger partial charge < -0.3 is 13.9 Å². The van der Waals surface area contributed by atoms with Crippen LogP contribution in [0.2, 0.25) is 0 Å². The SMILES string of the molecule is Cc1oc2c(-c3ccc(N(c4ccc(-c5ccccc5)cc4)c4ccc(-c5ccc6c(c5)c5ccccc5n6-c5ccccc5)c5ccccc45)cc3)cccc2c1C. The quantitative estimate of drug-likeness (QED) is 0.161. The Morgan fingerprint density at radius 2 is 0.966 bits per heavy atom. The topological polar surface area (TPSA) is 21.3 Å². The van der Waals surface area contributed by atoms with Gasteiger partial charge in [0.2, 0.25) is 0 Å². The molecule has 0 spiro atoms. The summed E-state index contributed by atoms with van der Waals surface area (Å²) in [5.41, 5.74) is 16.0. The molecule has 2 heterocycles. The van der Waals surface area contributed by atoms with Gasteiger partial charge in [0, 0.05) is 44.2 Å². The lowest BCUT2D eigenvalue weighted by Gasteiger charge is -2.28. The van der Waals surface area contributed by atoms with Crippen LogP contribution >= 0.6 is 0 Å². The van der Waals surface area contributed by atoms with Crippen molar-refractivity contribution in [2.45, 2.75) is 13.8 Å². The number of aryl methyl sites for hydroxylation is 2. The third-order valence-electron chi connectivity index (χ3n) is 12.0.